The van der Waals surface area contributed by atoms with E-state index in [0.29, 0.717) is 12.2 Å². The second kappa shape index (κ2) is 21.7. The fraction of sp³-hybridized carbons (Fsp3) is 0.724. The number of unbranched alkanes of at least 4 members (excludes halogenated alkanes) is 4. The first-order valence-electron chi connectivity index (χ1n) is 17.5. The lowest BCUT2D eigenvalue weighted by molar-refractivity contribution is -0.347. The maximum atomic E-state index is 12.5. The number of hydrogen-bond acceptors (Lipinski definition) is 22. The van der Waals surface area contributed by atoms with Crippen LogP contribution in [0.1, 0.15) is 71.9 Å². The molecule has 2 aromatic rings. The third-order valence-corrected chi connectivity index (χ3v) is 12.2. The number of phosphoric acid groups is 3. The second-order valence-electron chi connectivity index (χ2n) is 13.4. The molecule has 6 N–H and O–H groups in total. The summed E-state index contributed by atoms with van der Waals surface area (Å²) in [6.45, 7) is 2.27. The van der Waals surface area contributed by atoms with Gasteiger partial charge < -0.3 is 69.0 Å². The number of aliphatic hydroxyl groups excluding tert-OH is 2. The summed E-state index contributed by atoms with van der Waals surface area (Å²) >= 11 is 1.12. The minimum Gasteiger partial charge on any atom is -0.790 e. The van der Waals surface area contributed by atoms with E-state index in [1.807, 2.05) is 0 Å². The first-order chi connectivity index (χ1) is 26.6. The lowest BCUT2D eigenvalue weighted by Crippen LogP contribution is -2.46. The number of aromatic nitrogens is 4. The Morgan fingerprint density at radius 1 is 1.02 bits per heavy atom. The maximum Gasteiger partial charge on any atom is 0.274 e. The van der Waals surface area contributed by atoms with E-state index in [4.69, 9.17) is 10.5 Å². The fourth-order valence-corrected chi connectivity index (χ4v) is 8.67. The molecule has 1 saturated heterocycles. The first kappa shape index (κ1) is 48.9. The van der Waals surface area contributed by atoms with Crippen LogP contribution in [0.4, 0.5) is 5.82 Å². The molecule has 0 spiro atoms. The van der Waals surface area contributed by atoms with E-state index in [0.717, 1.165) is 61.1 Å². The molecule has 1 aliphatic heterocycles. The number of carbonyl (C=O) groups is 3. The van der Waals surface area contributed by atoms with Crippen molar-refractivity contribution in [3.05, 3.63) is 12.7 Å². The molecule has 2 aromatic heterocycles. The van der Waals surface area contributed by atoms with Gasteiger partial charge in [0.2, 0.25) is 11.8 Å². The number of anilines is 1. The number of nitrogens with two attached hydrogens (primary N) is 1. The van der Waals surface area contributed by atoms with Crippen molar-refractivity contribution in [1.82, 2.24) is 30.2 Å². The Morgan fingerprint density at radius 2 is 1.70 bits per heavy atom. The highest BCUT2D eigenvalue weighted by atomic mass is 32.2. The molecule has 0 aliphatic carbocycles. The maximum absolute atomic E-state index is 12.5. The van der Waals surface area contributed by atoms with Gasteiger partial charge >= 0.3 is 0 Å². The van der Waals surface area contributed by atoms with E-state index in [1.54, 1.807) is 0 Å². The van der Waals surface area contributed by atoms with Crippen LogP contribution in [0.15, 0.2) is 12.7 Å². The first-order valence-corrected chi connectivity index (χ1v) is 22.9. The predicted molar refractivity (Wildman–Crippen MR) is 192 cm³/mol. The van der Waals surface area contributed by atoms with Gasteiger partial charge in [0, 0.05) is 37.1 Å². The van der Waals surface area contributed by atoms with Gasteiger partial charge in [0.25, 0.3) is 15.6 Å². The number of fused-ring (bicyclic) bond motifs is 1. The SMILES string of the molecule is CCCCCCCC(=O)SCCNC(=O)CCNC(=O)[C@@H](O)C(C)(C)COP(=O)([O-])OP(=O)([O-])OC[C@H]1O[C@@H](n2cnc3c(N)ncnc32)C(O)[C@H]1OP(=O)([O-])[O-]. The van der Waals surface area contributed by atoms with E-state index in [1.165, 1.54) is 13.8 Å². The molecule has 1 fully saturated rings. The summed E-state index contributed by atoms with van der Waals surface area (Å²) in [5.74, 6) is -1.14. The van der Waals surface area contributed by atoms with E-state index >= 15 is 0 Å². The molecular weight excluding hydrogens is 843 g/mol. The molecule has 3 rings (SSSR count). The molecule has 7 atom stereocenters. The van der Waals surface area contributed by atoms with Gasteiger partial charge in [-0.05, 0) is 6.42 Å². The standard InChI is InChI=1S/C29H50N7O17P3S/c1-4-5-6-7-8-9-20(38)57-13-12-31-19(37)10-11-32-27(41)24(40)29(2,3)15-50-56(47,48)53-55(45,46)49-14-18-23(52-54(42,43)44)22(39)28(51-18)36-17-35-21-25(30)33-16-34-26(21)36/h16-18,22-24,28,39-40H,4-15H2,1-3H3,(H,31,37)(H,32,41)(H,45,46)(H,47,48)(H2,30,33,34)(H2,42,43,44)/p-4/t18-,22?,23+,24-,28-/m1/s1. The van der Waals surface area contributed by atoms with Crippen molar-refractivity contribution in [2.45, 2.75) is 96.4 Å². The monoisotopic (exact) mass is 889 g/mol. The van der Waals surface area contributed by atoms with Gasteiger partial charge in [0.1, 0.15) is 36.3 Å². The Morgan fingerprint density at radius 3 is 2.39 bits per heavy atom. The van der Waals surface area contributed by atoms with E-state index in [-0.39, 0.29) is 41.6 Å². The molecule has 0 bridgehead atoms. The summed E-state index contributed by atoms with van der Waals surface area (Å²) in [5.41, 5.74) is 4.08. The van der Waals surface area contributed by atoms with Gasteiger partial charge in [-0.3, -0.25) is 28.1 Å². The number of imidazole rings is 1. The number of amides is 2. The molecule has 3 unspecified atom stereocenters. The number of carbonyl (C=O) groups excluding carboxylic acids is 3. The minimum atomic E-state index is -5.91. The molecule has 57 heavy (non-hydrogen) atoms. The van der Waals surface area contributed by atoms with Crippen molar-refractivity contribution < 1.29 is 80.5 Å². The predicted octanol–water partition coefficient (Wildman–Crippen LogP) is -1.50. The smallest absolute Gasteiger partial charge is 0.274 e. The quantitative estimate of drug-likeness (QED) is 0.0559. The van der Waals surface area contributed by atoms with Crippen LogP contribution in [0, 0.1) is 5.41 Å². The van der Waals surface area contributed by atoms with Gasteiger partial charge in [-0.15, -0.1) is 0 Å². The van der Waals surface area contributed by atoms with Crippen LogP contribution in [-0.4, -0.2) is 103 Å². The largest absolute Gasteiger partial charge is 0.790 e. The lowest BCUT2D eigenvalue weighted by atomic mass is 9.87. The molecule has 0 aromatic carbocycles. The van der Waals surface area contributed by atoms with Crippen molar-refractivity contribution in [2.75, 3.05) is 37.8 Å². The molecule has 24 nitrogen and oxygen atoms in total. The van der Waals surface area contributed by atoms with Crippen LogP contribution in [0.3, 0.4) is 0 Å². The van der Waals surface area contributed by atoms with Crippen LogP contribution in [-0.2, 0) is 50.7 Å². The Balaban J connectivity index is 1.45. The molecule has 28 heteroatoms. The average molecular weight is 890 g/mol. The summed E-state index contributed by atoms with van der Waals surface area (Å²) in [5, 5.41) is 26.3. The van der Waals surface area contributed by atoms with Crippen molar-refractivity contribution in [1.29, 1.82) is 0 Å². The Labute approximate surface area is 331 Å². The average Bonchev–Trinajstić information content (AvgIpc) is 3.68. The van der Waals surface area contributed by atoms with Gasteiger partial charge in [-0.25, -0.2) is 19.3 Å². The highest BCUT2D eigenvalue weighted by Crippen LogP contribution is 2.56. The molecule has 0 saturated carbocycles. The Kier molecular flexibility index (Phi) is 18.6. The van der Waals surface area contributed by atoms with Crippen LogP contribution in [0.2, 0.25) is 0 Å². The number of nitrogens with one attached hydrogen (secondary N) is 2. The fourth-order valence-electron chi connectivity index (χ4n) is 5.22. The number of ether oxygens (including phenoxy) is 1. The summed E-state index contributed by atoms with van der Waals surface area (Å²) in [6.07, 6.45) is -1.94. The van der Waals surface area contributed by atoms with Crippen LogP contribution >= 0.6 is 35.2 Å². The Bertz CT molecular complexity index is 1820. The van der Waals surface area contributed by atoms with E-state index in [9.17, 15) is 57.9 Å². The summed E-state index contributed by atoms with van der Waals surface area (Å²) < 4.78 is 60.5. The summed E-state index contributed by atoms with van der Waals surface area (Å²) in [4.78, 5) is 96.0. The number of hydrogen-bond donors (Lipinski definition) is 5. The van der Waals surface area contributed by atoms with Gasteiger partial charge in [0.05, 0.1) is 27.4 Å². The van der Waals surface area contributed by atoms with Crippen molar-refractivity contribution in [3.8, 4) is 0 Å². The molecule has 3 heterocycles. The molecule has 2 amide bonds. The number of aliphatic hydroxyl groups is 2. The number of phosphoric ester groups is 3. The summed E-state index contributed by atoms with van der Waals surface area (Å²) in [6, 6.07) is 0. The van der Waals surface area contributed by atoms with Crippen LogP contribution < -0.4 is 35.9 Å². The summed E-state index contributed by atoms with van der Waals surface area (Å²) in [7, 11) is -17.6. The van der Waals surface area contributed by atoms with Gasteiger partial charge in [-0.1, -0.05) is 58.2 Å². The van der Waals surface area contributed by atoms with Crippen molar-refractivity contribution in [3.63, 3.8) is 0 Å². The molecule has 1 aliphatic rings. The van der Waals surface area contributed by atoms with Gasteiger partial charge in [-0.2, -0.15) is 0 Å². The van der Waals surface area contributed by atoms with E-state index < -0.39 is 84.6 Å². The number of rotatable bonds is 25. The minimum absolute atomic E-state index is 0.0194. The molecular formula is C29H46N7O17P3S-4. The van der Waals surface area contributed by atoms with Gasteiger partial charge in [0.15, 0.2) is 22.8 Å². The van der Waals surface area contributed by atoms with Crippen LogP contribution in [0.5, 0.6) is 0 Å². The molecule has 324 valence electrons. The Hall–Kier alpha value is -2.44. The van der Waals surface area contributed by atoms with Crippen molar-refractivity contribution >= 4 is 69.1 Å². The highest BCUT2D eigenvalue weighted by molar-refractivity contribution is 8.13. The number of nitrogens with zero attached hydrogens (tertiary/aromatic N) is 4. The number of nitrogen functional groups attached to an aromatic ring is 1. The van der Waals surface area contributed by atoms with E-state index in [2.05, 4.69) is 50.4 Å². The topological polar surface area (TPSA) is 375 Å². The zero-order valence-corrected chi connectivity index (χ0v) is 34.7. The lowest BCUT2D eigenvalue weighted by Gasteiger charge is -2.36. The third-order valence-electron chi connectivity index (χ3n) is 8.22. The normalized spacial score (nSPS) is 21.5. The number of thioether (sulfide) groups is 1. The zero-order valence-electron chi connectivity index (χ0n) is 31.2. The molecule has 0 radical (unpaired) electrons. The second-order valence-corrected chi connectivity index (χ2v) is 18.6. The van der Waals surface area contributed by atoms with Crippen LogP contribution in [0.25, 0.3) is 11.2 Å². The highest BCUT2D eigenvalue weighted by Gasteiger charge is 2.47. The zero-order chi connectivity index (χ0) is 42.6. The third kappa shape index (κ3) is 15.9. The van der Waals surface area contributed by atoms with Crippen molar-refractivity contribution in [2.24, 2.45) is 5.41 Å².